The van der Waals surface area contributed by atoms with Crippen LogP contribution in [0.2, 0.25) is 0 Å². The number of rotatable bonds is 3. The highest BCUT2D eigenvalue weighted by molar-refractivity contribution is 9.10. The molecule has 0 atom stereocenters. The largest absolute Gasteiger partial charge is 0.307 e. The smallest absolute Gasteiger partial charge is 0.252 e. The number of halogens is 1. The molecule has 1 N–H and O–H groups in total. The van der Waals surface area contributed by atoms with E-state index in [4.69, 9.17) is 0 Å². The van der Waals surface area contributed by atoms with Crippen molar-refractivity contribution in [3.05, 3.63) is 34.5 Å². The van der Waals surface area contributed by atoms with E-state index in [1.807, 2.05) is 19.1 Å². The highest BCUT2D eigenvalue weighted by atomic mass is 79.9. The Morgan fingerprint density at radius 1 is 1.67 bits per heavy atom. The van der Waals surface area contributed by atoms with Gasteiger partial charge >= 0.3 is 0 Å². The van der Waals surface area contributed by atoms with E-state index in [-0.39, 0.29) is 5.91 Å². The molecule has 0 spiro atoms. The Hall–Kier alpha value is -1.16. The molecule has 80 valence electrons. The van der Waals surface area contributed by atoms with Gasteiger partial charge in [0.25, 0.3) is 5.91 Å². The van der Waals surface area contributed by atoms with Crippen LogP contribution < -0.4 is 5.32 Å². The van der Waals surface area contributed by atoms with Crippen LogP contribution in [-0.2, 0) is 4.79 Å². The lowest BCUT2D eigenvalue weighted by Crippen LogP contribution is -2.13. The molecule has 0 fully saturated rings. The van der Waals surface area contributed by atoms with E-state index in [1.165, 1.54) is 0 Å². The minimum Gasteiger partial charge on any atom is -0.307 e. The lowest BCUT2D eigenvalue weighted by Gasteiger charge is -2.04. The summed E-state index contributed by atoms with van der Waals surface area (Å²) in [4.78, 5) is 15.6. The van der Waals surface area contributed by atoms with E-state index >= 15 is 0 Å². The summed E-state index contributed by atoms with van der Waals surface area (Å²) in [6.07, 6.45) is 4.37. The van der Waals surface area contributed by atoms with Crippen LogP contribution in [0.15, 0.2) is 34.5 Å². The molecule has 1 heterocycles. The molecule has 0 unspecified atom stereocenters. The molecule has 0 aliphatic rings. The first-order valence-corrected chi connectivity index (χ1v) is 5.52. The quantitative estimate of drug-likeness (QED) is 0.856. The van der Waals surface area contributed by atoms with Crippen LogP contribution in [-0.4, -0.2) is 10.9 Å². The molecule has 4 heteroatoms. The molecular weight excluding hydrogens is 256 g/mol. The van der Waals surface area contributed by atoms with Gasteiger partial charge in [0.2, 0.25) is 0 Å². The molecule has 0 aromatic carbocycles. The maximum Gasteiger partial charge on any atom is 0.252 e. The molecule has 3 nitrogen and oxygen atoms in total. The number of nitrogens with zero attached hydrogens (tertiary/aromatic N) is 1. The number of carbonyl (C=O) groups excluding carboxylic acids is 1. The molecule has 0 saturated heterocycles. The molecule has 15 heavy (non-hydrogen) atoms. The van der Waals surface area contributed by atoms with Gasteiger partial charge in [-0.15, -0.1) is 0 Å². The van der Waals surface area contributed by atoms with Gasteiger partial charge in [-0.2, -0.15) is 0 Å². The van der Waals surface area contributed by atoms with Gasteiger partial charge in [-0.25, -0.2) is 4.98 Å². The van der Waals surface area contributed by atoms with E-state index in [2.05, 4.69) is 26.2 Å². The number of nitrogens with one attached hydrogen (secondary N) is 1. The molecule has 0 aliphatic heterocycles. The number of anilines is 1. The van der Waals surface area contributed by atoms with Gasteiger partial charge in [0.1, 0.15) is 5.82 Å². The number of hydrogen-bond donors (Lipinski definition) is 1. The second-order valence-corrected chi connectivity index (χ2v) is 4.02. The third kappa shape index (κ3) is 3.83. The Morgan fingerprint density at radius 3 is 3.00 bits per heavy atom. The van der Waals surface area contributed by atoms with Crippen molar-refractivity contribution in [3.8, 4) is 0 Å². The monoisotopic (exact) mass is 268 g/mol. The number of aromatic nitrogens is 1. The topological polar surface area (TPSA) is 42.0 Å². The van der Waals surface area contributed by atoms with Crippen LogP contribution >= 0.6 is 15.9 Å². The normalized spacial score (nSPS) is 11.3. The molecule has 1 amide bonds. The van der Waals surface area contributed by atoms with E-state index in [1.54, 1.807) is 19.2 Å². The molecule has 1 aromatic heterocycles. The van der Waals surface area contributed by atoms with Crippen LogP contribution in [0.25, 0.3) is 0 Å². The first-order valence-electron chi connectivity index (χ1n) is 4.73. The van der Waals surface area contributed by atoms with Crippen molar-refractivity contribution in [1.29, 1.82) is 0 Å². The van der Waals surface area contributed by atoms with Crippen LogP contribution in [0.5, 0.6) is 0 Å². The Kier molecular flexibility index (Phi) is 4.49. The lowest BCUT2D eigenvalue weighted by atomic mass is 10.2. The van der Waals surface area contributed by atoms with Gasteiger partial charge < -0.3 is 5.32 Å². The third-order valence-corrected chi connectivity index (χ3v) is 2.33. The summed E-state index contributed by atoms with van der Waals surface area (Å²) >= 11 is 3.31. The van der Waals surface area contributed by atoms with Crippen molar-refractivity contribution in [3.63, 3.8) is 0 Å². The summed E-state index contributed by atoms with van der Waals surface area (Å²) in [6, 6.07) is 3.57. The van der Waals surface area contributed by atoms with Gasteiger partial charge in [-0.05, 0) is 25.5 Å². The maximum atomic E-state index is 11.6. The summed E-state index contributed by atoms with van der Waals surface area (Å²) in [5.41, 5.74) is 0.708. The Bertz CT molecular complexity index is 388. The maximum absolute atomic E-state index is 11.6. The predicted molar refractivity (Wildman–Crippen MR) is 64.6 cm³/mol. The Morgan fingerprint density at radius 2 is 2.40 bits per heavy atom. The fourth-order valence-corrected chi connectivity index (χ4v) is 1.42. The second kappa shape index (κ2) is 5.66. The zero-order valence-electron chi connectivity index (χ0n) is 8.75. The molecule has 0 aliphatic carbocycles. The summed E-state index contributed by atoms with van der Waals surface area (Å²) in [7, 11) is 0. The molecule has 0 saturated carbocycles. The molecule has 1 rings (SSSR count). The van der Waals surface area contributed by atoms with Crippen molar-refractivity contribution in [2.45, 2.75) is 20.3 Å². The zero-order valence-corrected chi connectivity index (χ0v) is 10.3. The van der Waals surface area contributed by atoms with E-state index < -0.39 is 0 Å². The van der Waals surface area contributed by atoms with Crippen molar-refractivity contribution < 1.29 is 4.79 Å². The Balaban J connectivity index is 2.70. The molecular formula is C11H13BrN2O. The van der Waals surface area contributed by atoms with Crippen molar-refractivity contribution in [2.24, 2.45) is 0 Å². The van der Waals surface area contributed by atoms with Crippen molar-refractivity contribution >= 4 is 27.7 Å². The number of pyridine rings is 1. The molecule has 0 radical (unpaired) electrons. The van der Waals surface area contributed by atoms with Crippen LogP contribution in [0.3, 0.4) is 0 Å². The van der Waals surface area contributed by atoms with Gasteiger partial charge in [-0.1, -0.05) is 28.9 Å². The summed E-state index contributed by atoms with van der Waals surface area (Å²) in [5.74, 6) is 0.445. The summed E-state index contributed by atoms with van der Waals surface area (Å²) in [6.45, 7) is 3.78. The fraction of sp³-hybridized carbons (Fsp3) is 0.273. The van der Waals surface area contributed by atoms with Crippen LogP contribution in [0, 0.1) is 0 Å². The van der Waals surface area contributed by atoms with E-state index in [0.29, 0.717) is 11.4 Å². The van der Waals surface area contributed by atoms with Gasteiger partial charge in [0.15, 0.2) is 0 Å². The number of allylic oxidation sites excluding steroid dienone is 1. The van der Waals surface area contributed by atoms with Gasteiger partial charge in [0, 0.05) is 16.2 Å². The highest BCUT2D eigenvalue weighted by Crippen LogP contribution is 2.13. The summed E-state index contributed by atoms with van der Waals surface area (Å²) in [5, 5.41) is 2.72. The number of amides is 1. The van der Waals surface area contributed by atoms with Crippen molar-refractivity contribution in [2.75, 3.05) is 5.32 Å². The van der Waals surface area contributed by atoms with Crippen molar-refractivity contribution in [1.82, 2.24) is 4.98 Å². The first-order chi connectivity index (χ1) is 7.13. The minimum absolute atomic E-state index is 0.109. The highest BCUT2D eigenvalue weighted by Gasteiger charge is 2.04. The van der Waals surface area contributed by atoms with E-state index in [9.17, 15) is 4.79 Å². The fourth-order valence-electron chi connectivity index (χ4n) is 1.09. The molecule has 0 bridgehead atoms. The second-order valence-electron chi connectivity index (χ2n) is 3.11. The van der Waals surface area contributed by atoms with Gasteiger partial charge in [0.05, 0.1) is 0 Å². The van der Waals surface area contributed by atoms with Crippen LogP contribution in [0.4, 0.5) is 5.82 Å². The third-order valence-electron chi connectivity index (χ3n) is 1.83. The SMILES string of the molecule is CC/C=C(/C)C(=O)Nc1cc(Br)ccn1. The molecule has 1 aromatic rings. The Labute approximate surface area is 97.7 Å². The zero-order chi connectivity index (χ0) is 11.3. The van der Waals surface area contributed by atoms with Gasteiger partial charge in [-0.3, -0.25) is 4.79 Å². The standard InChI is InChI=1S/C11H13BrN2O/c1-3-4-8(2)11(15)14-10-7-9(12)5-6-13-10/h4-7H,3H2,1-2H3,(H,13,14,15)/b8-4-. The number of carbonyl (C=O) groups is 1. The average molecular weight is 269 g/mol. The first kappa shape index (κ1) is 11.9. The lowest BCUT2D eigenvalue weighted by molar-refractivity contribution is -0.112. The predicted octanol–water partition coefficient (Wildman–Crippen LogP) is 3.14. The minimum atomic E-state index is -0.109. The van der Waals surface area contributed by atoms with Crippen LogP contribution in [0.1, 0.15) is 20.3 Å². The average Bonchev–Trinajstić information content (AvgIpc) is 2.18. The number of hydrogen-bond acceptors (Lipinski definition) is 2. The summed E-state index contributed by atoms with van der Waals surface area (Å²) < 4.78 is 0.893. The van der Waals surface area contributed by atoms with E-state index in [0.717, 1.165) is 10.9 Å².